The molecule has 1 aliphatic rings. The molecule has 0 aliphatic carbocycles. The molecule has 0 saturated carbocycles. The third-order valence-corrected chi connectivity index (χ3v) is 4.63. The molecule has 3 rings (SSSR count). The van der Waals surface area contributed by atoms with E-state index in [1.165, 1.54) is 5.56 Å². The van der Waals surface area contributed by atoms with Crippen LogP contribution in [0.5, 0.6) is 23.0 Å². The van der Waals surface area contributed by atoms with Crippen LogP contribution in [0.25, 0.3) is 0 Å². The Hall–Kier alpha value is -2.89. The van der Waals surface area contributed by atoms with Crippen LogP contribution >= 0.6 is 0 Å². The lowest BCUT2D eigenvalue weighted by molar-refractivity contribution is -0.120. The van der Waals surface area contributed by atoms with Crippen molar-refractivity contribution in [2.45, 2.75) is 25.7 Å². The van der Waals surface area contributed by atoms with Crippen molar-refractivity contribution < 1.29 is 23.7 Å². The van der Waals surface area contributed by atoms with Crippen LogP contribution in [0.4, 0.5) is 0 Å². The van der Waals surface area contributed by atoms with Crippen LogP contribution in [0.15, 0.2) is 36.4 Å². The first-order valence-corrected chi connectivity index (χ1v) is 9.55. The Morgan fingerprint density at radius 2 is 1.68 bits per heavy atom. The monoisotopic (exact) mass is 385 g/mol. The molecule has 0 spiro atoms. The van der Waals surface area contributed by atoms with Gasteiger partial charge in [-0.05, 0) is 54.7 Å². The van der Waals surface area contributed by atoms with Gasteiger partial charge in [0, 0.05) is 6.54 Å². The zero-order valence-corrected chi connectivity index (χ0v) is 16.5. The van der Waals surface area contributed by atoms with E-state index in [1.54, 1.807) is 14.2 Å². The number of hydrogen-bond acceptors (Lipinski definition) is 5. The van der Waals surface area contributed by atoms with Gasteiger partial charge in [-0.2, -0.15) is 0 Å². The molecule has 6 heteroatoms. The number of aryl methyl sites for hydroxylation is 1. The number of fused-ring (bicyclic) bond motifs is 1. The van der Waals surface area contributed by atoms with E-state index in [1.807, 2.05) is 30.3 Å². The average molecular weight is 385 g/mol. The SMILES string of the molecule is COc1ccc(CC(=O)NCCCCc2ccc3c(c2)OCCO3)cc1OC. The summed E-state index contributed by atoms with van der Waals surface area (Å²) < 4.78 is 21.6. The number of benzene rings is 2. The maximum absolute atomic E-state index is 12.1. The highest BCUT2D eigenvalue weighted by Crippen LogP contribution is 2.31. The normalized spacial score (nSPS) is 12.4. The molecule has 1 heterocycles. The maximum Gasteiger partial charge on any atom is 0.224 e. The highest BCUT2D eigenvalue weighted by Gasteiger charge is 2.11. The predicted octanol–water partition coefficient (Wildman–Crippen LogP) is 3.16. The van der Waals surface area contributed by atoms with E-state index in [4.69, 9.17) is 18.9 Å². The van der Waals surface area contributed by atoms with Gasteiger partial charge in [-0.15, -0.1) is 0 Å². The first-order valence-electron chi connectivity index (χ1n) is 9.55. The molecular formula is C22H27NO5. The van der Waals surface area contributed by atoms with E-state index in [0.29, 0.717) is 37.7 Å². The van der Waals surface area contributed by atoms with Crippen LogP contribution < -0.4 is 24.3 Å². The summed E-state index contributed by atoms with van der Waals surface area (Å²) in [5, 5.41) is 2.98. The van der Waals surface area contributed by atoms with Gasteiger partial charge in [-0.1, -0.05) is 12.1 Å². The Balaban J connectivity index is 1.38. The Labute approximate surface area is 165 Å². The first kappa shape index (κ1) is 19.9. The predicted molar refractivity (Wildman–Crippen MR) is 107 cm³/mol. The number of methoxy groups -OCH3 is 2. The summed E-state index contributed by atoms with van der Waals surface area (Å²) in [5.41, 5.74) is 2.12. The molecule has 1 amide bonds. The lowest BCUT2D eigenvalue weighted by atomic mass is 10.1. The zero-order valence-electron chi connectivity index (χ0n) is 16.5. The number of unbranched alkanes of at least 4 members (excludes halogenated alkanes) is 1. The lowest BCUT2D eigenvalue weighted by Gasteiger charge is -2.18. The standard InChI is InChI=1S/C22H27NO5/c1-25-18-8-7-17(14-20(18)26-2)15-22(24)23-10-4-3-5-16-6-9-19-21(13-16)28-12-11-27-19/h6-9,13-14H,3-5,10-12,15H2,1-2H3,(H,23,24). The minimum atomic E-state index is 0.00606. The van der Waals surface area contributed by atoms with E-state index in [2.05, 4.69) is 11.4 Å². The van der Waals surface area contributed by atoms with Crippen LogP contribution in [0, 0.1) is 0 Å². The first-order chi connectivity index (χ1) is 13.7. The minimum absolute atomic E-state index is 0.00606. The summed E-state index contributed by atoms with van der Waals surface area (Å²) in [7, 11) is 3.18. The van der Waals surface area contributed by atoms with Gasteiger partial charge in [0.05, 0.1) is 20.6 Å². The molecule has 1 N–H and O–H groups in total. The topological polar surface area (TPSA) is 66.0 Å². The maximum atomic E-state index is 12.1. The van der Waals surface area contributed by atoms with E-state index >= 15 is 0 Å². The summed E-state index contributed by atoms with van der Waals surface area (Å²) >= 11 is 0. The minimum Gasteiger partial charge on any atom is -0.493 e. The fourth-order valence-corrected chi connectivity index (χ4v) is 3.16. The van der Waals surface area contributed by atoms with Crippen molar-refractivity contribution in [3.05, 3.63) is 47.5 Å². The molecule has 0 radical (unpaired) electrons. The summed E-state index contributed by atoms with van der Waals surface area (Å²) in [4.78, 5) is 12.1. The van der Waals surface area contributed by atoms with Crippen molar-refractivity contribution in [2.24, 2.45) is 0 Å². The van der Waals surface area contributed by atoms with Crippen LogP contribution in [-0.2, 0) is 17.6 Å². The van der Waals surface area contributed by atoms with Gasteiger partial charge in [0.25, 0.3) is 0 Å². The summed E-state index contributed by atoms with van der Waals surface area (Å²) in [6, 6.07) is 11.6. The van der Waals surface area contributed by atoms with E-state index < -0.39 is 0 Å². The number of rotatable bonds is 9. The number of ether oxygens (including phenoxy) is 4. The van der Waals surface area contributed by atoms with Crippen molar-refractivity contribution in [3.63, 3.8) is 0 Å². The van der Waals surface area contributed by atoms with E-state index in [-0.39, 0.29) is 5.91 Å². The molecule has 1 aliphatic heterocycles. The molecule has 2 aromatic carbocycles. The van der Waals surface area contributed by atoms with Gasteiger partial charge in [-0.3, -0.25) is 4.79 Å². The van der Waals surface area contributed by atoms with Crippen molar-refractivity contribution in [2.75, 3.05) is 34.0 Å². The quantitative estimate of drug-likeness (QED) is 0.672. The summed E-state index contributed by atoms with van der Waals surface area (Å²) in [5.74, 6) is 2.94. The lowest BCUT2D eigenvalue weighted by Crippen LogP contribution is -2.26. The number of carbonyl (C=O) groups excluding carboxylic acids is 1. The molecule has 2 aromatic rings. The molecule has 28 heavy (non-hydrogen) atoms. The molecule has 150 valence electrons. The van der Waals surface area contributed by atoms with Crippen molar-refractivity contribution in [3.8, 4) is 23.0 Å². The number of amides is 1. The fraction of sp³-hybridized carbons (Fsp3) is 0.409. The molecule has 6 nitrogen and oxygen atoms in total. The second-order valence-electron chi connectivity index (χ2n) is 6.65. The Kier molecular flexibility index (Phi) is 7.00. The van der Waals surface area contributed by atoms with Crippen LogP contribution in [0.1, 0.15) is 24.0 Å². The molecule has 0 bridgehead atoms. The highest BCUT2D eigenvalue weighted by molar-refractivity contribution is 5.78. The zero-order chi connectivity index (χ0) is 19.8. The van der Waals surface area contributed by atoms with Gasteiger partial charge >= 0.3 is 0 Å². The van der Waals surface area contributed by atoms with E-state index in [9.17, 15) is 4.79 Å². The second-order valence-corrected chi connectivity index (χ2v) is 6.65. The van der Waals surface area contributed by atoms with Crippen molar-refractivity contribution >= 4 is 5.91 Å². The molecule has 0 fully saturated rings. The van der Waals surface area contributed by atoms with Crippen LogP contribution in [-0.4, -0.2) is 39.9 Å². The average Bonchev–Trinajstić information content (AvgIpc) is 2.73. The van der Waals surface area contributed by atoms with Crippen molar-refractivity contribution in [1.29, 1.82) is 0 Å². The van der Waals surface area contributed by atoms with Gasteiger partial charge in [0.1, 0.15) is 13.2 Å². The highest BCUT2D eigenvalue weighted by atomic mass is 16.6. The largest absolute Gasteiger partial charge is 0.493 e. The van der Waals surface area contributed by atoms with Gasteiger partial charge in [0.2, 0.25) is 5.91 Å². The van der Waals surface area contributed by atoms with Gasteiger partial charge in [0.15, 0.2) is 23.0 Å². The van der Waals surface area contributed by atoms with Crippen LogP contribution in [0.2, 0.25) is 0 Å². The summed E-state index contributed by atoms with van der Waals surface area (Å²) in [6.07, 6.45) is 3.19. The smallest absolute Gasteiger partial charge is 0.224 e. The Morgan fingerprint density at radius 1 is 0.929 bits per heavy atom. The molecule has 0 unspecified atom stereocenters. The number of hydrogen-bond donors (Lipinski definition) is 1. The third-order valence-electron chi connectivity index (χ3n) is 4.63. The molecule has 0 saturated heterocycles. The third kappa shape index (κ3) is 5.31. The number of nitrogens with one attached hydrogen (secondary N) is 1. The van der Waals surface area contributed by atoms with Gasteiger partial charge < -0.3 is 24.3 Å². The molecule has 0 aromatic heterocycles. The van der Waals surface area contributed by atoms with Crippen molar-refractivity contribution in [1.82, 2.24) is 5.32 Å². The molecule has 0 atom stereocenters. The Bertz CT molecular complexity index is 806. The molecular weight excluding hydrogens is 358 g/mol. The summed E-state index contributed by atoms with van der Waals surface area (Å²) in [6.45, 7) is 1.87. The number of carbonyl (C=O) groups is 1. The van der Waals surface area contributed by atoms with E-state index in [0.717, 1.165) is 36.3 Å². The van der Waals surface area contributed by atoms with Crippen LogP contribution in [0.3, 0.4) is 0 Å². The Morgan fingerprint density at radius 3 is 2.46 bits per heavy atom. The van der Waals surface area contributed by atoms with Gasteiger partial charge in [-0.25, -0.2) is 0 Å². The fourth-order valence-electron chi connectivity index (χ4n) is 3.16. The second kappa shape index (κ2) is 9.88.